The molecule has 0 unspecified atom stereocenters. The highest BCUT2D eigenvalue weighted by Gasteiger charge is 1.97. The fourth-order valence-electron chi connectivity index (χ4n) is 0.846. The average Bonchev–Trinajstić information content (AvgIpc) is 2.53. The van der Waals surface area contributed by atoms with Crippen LogP contribution in [0.2, 0.25) is 0 Å². The zero-order valence-electron chi connectivity index (χ0n) is 7.71. The Bertz CT molecular complexity index is 220. The molecule has 0 N–H and O–H groups in total. The summed E-state index contributed by atoms with van der Waals surface area (Å²) < 4.78 is 1.98. The molecule has 3 heteroatoms. The number of aryl methyl sites for hydroxylation is 1. The highest BCUT2D eigenvalue weighted by Crippen LogP contribution is 2.15. The van der Waals surface area contributed by atoms with Crippen molar-refractivity contribution < 1.29 is 0 Å². The van der Waals surface area contributed by atoms with E-state index in [1.165, 1.54) is 12.8 Å². The minimum atomic E-state index is 0.960. The topological polar surface area (TPSA) is 17.8 Å². The van der Waals surface area contributed by atoms with Crippen LogP contribution in [0.5, 0.6) is 0 Å². The van der Waals surface area contributed by atoms with Crippen LogP contribution in [-0.4, -0.2) is 15.3 Å². The van der Waals surface area contributed by atoms with E-state index in [2.05, 4.69) is 25.0 Å². The Labute approximate surface area is 78.4 Å². The SMILES string of the molecule is CCCCSc1[c]n(CC)cn1. The number of unbranched alkanes of at least 4 members (excludes halogenated alkanes) is 1. The minimum absolute atomic E-state index is 0.960. The molecule has 0 aliphatic heterocycles. The van der Waals surface area contributed by atoms with Gasteiger partial charge in [-0.15, -0.1) is 11.8 Å². The lowest BCUT2D eigenvalue weighted by molar-refractivity contribution is 0.754. The van der Waals surface area contributed by atoms with Crippen LogP contribution in [-0.2, 0) is 6.54 Å². The Morgan fingerprint density at radius 2 is 2.42 bits per heavy atom. The van der Waals surface area contributed by atoms with Gasteiger partial charge in [0.1, 0.15) is 11.2 Å². The van der Waals surface area contributed by atoms with Crippen LogP contribution in [0.1, 0.15) is 26.7 Å². The Morgan fingerprint density at radius 1 is 1.58 bits per heavy atom. The van der Waals surface area contributed by atoms with Gasteiger partial charge in [-0.1, -0.05) is 13.3 Å². The zero-order valence-corrected chi connectivity index (χ0v) is 8.52. The molecule has 0 saturated heterocycles. The lowest BCUT2D eigenvalue weighted by Gasteiger charge is -1.93. The van der Waals surface area contributed by atoms with E-state index in [-0.39, 0.29) is 0 Å². The van der Waals surface area contributed by atoms with Crippen molar-refractivity contribution in [2.75, 3.05) is 5.75 Å². The van der Waals surface area contributed by atoms with E-state index in [4.69, 9.17) is 0 Å². The summed E-state index contributed by atoms with van der Waals surface area (Å²) in [6.45, 7) is 5.26. The summed E-state index contributed by atoms with van der Waals surface area (Å²) in [5, 5.41) is 1.03. The highest BCUT2D eigenvalue weighted by molar-refractivity contribution is 7.99. The van der Waals surface area contributed by atoms with E-state index in [0.717, 1.165) is 17.3 Å². The lowest BCUT2D eigenvalue weighted by atomic mass is 10.4. The zero-order chi connectivity index (χ0) is 8.81. The van der Waals surface area contributed by atoms with Crippen LogP contribution < -0.4 is 0 Å². The third-order valence-electron chi connectivity index (χ3n) is 1.63. The molecule has 1 radical (unpaired) electrons. The first kappa shape index (κ1) is 9.65. The third-order valence-corrected chi connectivity index (χ3v) is 2.59. The van der Waals surface area contributed by atoms with Crippen LogP contribution in [0.4, 0.5) is 0 Å². The summed E-state index contributed by atoms with van der Waals surface area (Å²) >= 11 is 1.79. The molecule has 0 aromatic carbocycles. The summed E-state index contributed by atoms with van der Waals surface area (Å²) in [6, 6.07) is 0. The predicted molar refractivity (Wildman–Crippen MR) is 52.4 cm³/mol. The summed E-state index contributed by atoms with van der Waals surface area (Å²) in [4.78, 5) is 4.23. The second kappa shape index (κ2) is 5.25. The van der Waals surface area contributed by atoms with Crippen molar-refractivity contribution in [3.63, 3.8) is 0 Å². The fourth-order valence-corrected chi connectivity index (χ4v) is 1.78. The van der Waals surface area contributed by atoms with Gasteiger partial charge >= 0.3 is 0 Å². The van der Waals surface area contributed by atoms with Crippen LogP contribution in [0.15, 0.2) is 11.4 Å². The van der Waals surface area contributed by atoms with E-state index in [0.29, 0.717) is 0 Å². The molecule has 2 nitrogen and oxygen atoms in total. The standard InChI is InChI=1S/C9H15N2S/c1-3-5-6-12-9-7-11(4-2)8-10-9/h8H,3-6H2,1-2H3. The van der Waals surface area contributed by atoms with Crippen LogP contribution in [0.25, 0.3) is 0 Å². The molecular weight excluding hydrogens is 168 g/mol. The van der Waals surface area contributed by atoms with Crippen LogP contribution in [0, 0.1) is 6.20 Å². The van der Waals surface area contributed by atoms with Crippen LogP contribution >= 0.6 is 11.8 Å². The molecule has 0 spiro atoms. The normalized spacial score (nSPS) is 10.5. The number of thioether (sulfide) groups is 1. The summed E-state index contributed by atoms with van der Waals surface area (Å²) in [6.07, 6.45) is 7.54. The summed E-state index contributed by atoms with van der Waals surface area (Å²) in [5.41, 5.74) is 0. The van der Waals surface area contributed by atoms with Crippen molar-refractivity contribution in [3.05, 3.63) is 12.5 Å². The predicted octanol–water partition coefficient (Wildman–Crippen LogP) is 2.60. The number of hydrogen-bond donors (Lipinski definition) is 0. The molecule has 67 valence electrons. The van der Waals surface area contributed by atoms with Crippen LogP contribution in [0.3, 0.4) is 0 Å². The van der Waals surface area contributed by atoms with Crippen molar-refractivity contribution in [3.8, 4) is 0 Å². The van der Waals surface area contributed by atoms with Gasteiger partial charge in [-0.3, -0.25) is 0 Å². The van der Waals surface area contributed by atoms with Crippen molar-refractivity contribution in [2.24, 2.45) is 0 Å². The van der Waals surface area contributed by atoms with Gasteiger partial charge in [0.15, 0.2) is 0 Å². The van der Waals surface area contributed by atoms with E-state index in [9.17, 15) is 0 Å². The first-order valence-corrected chi connectivity index (χ1v) is 5.42. The Kier molecular flexibility index (Phi) is 4.22. The van der Waals surface area contributed by atoms with Crippen molar-refractivity contribution in [1.82, 2.24) is 9.55 Å². The van der Waals surface area contributed by atoms with Gasteiger partial charge in [0.05, 0.1) is 6.33 Å². The highest BCUT2D eigenvalue weighted by atomic mass is 32.2. The largest absolute Gasteiger partial charge is 0.329 e. The maximum absolute atomic E-state index is 4.23. The van der Waals surface area contributed by atoms with E-state index < -0.39 is 0 Å². The number of rotatable bonds is 5. The van der Waals surface area contributed by atoms with Gasteiger partial charge in [0.2, 0.25) is 0 Å². The van der Waals surface area contributed by atoms with Gasteiger partial charge in [0.25, 0.3) is 0 Å². The average molecular weight is 183 g/mol. The van der Waals surface area contributed by atoms with E-state index >= 15 is 0 Å². The second-order valence-corrected chi connectivity index (χ2v) is 3.73. The van der Waals surface area contributed by atoms with Crippen molar-refractivity contribution in [2.45, 2.75) is 38.3 Å². The molecule has 0 amide bonds. The molecule has 0 saturated carbocycles. The van der Waals surface area contributed by atoms with E-state index in [1.54, 1.807) is 11.8 Å². The first-order valence-electron chi connectivity index (χ1n) is 4.44. The molecule has 0 aliphatic carbocycles. The molecule has 0 fully saturated rings. The molecule has 1 heterocycles. The molecular formula is C9H15N2S. The molecule has 12 heavy (non-hydrogen) atoms. The Hall–Kier alpha value is -0.440. The Morgan fingerprint density at radius 3 is 3.00 bits per heavy atom. The summed E-state index contributed by atoms with van der Waals surface area (Å²) in [7, 11) is 0. The van der Waals surface area contributed by atoms with E-state index in [1.807, 2.05) is 10.9 Å². The summed E-state index contributed by atoms with van der Waals surface area (Å²) in [5.74, 6) is 1.16. The number of nitrogens with zero attached hydrogens (tertiary/aromatic N) is 2. The number of imidazole rings is 1. The molecule has 0 atom stereocenters. The van der Waals surface area contributed by atoms with Gasteiger partial charge in [-0.25, -0.2) is 4.98 Å². The quantitative estimate of drug-likeness (QED) is 0.516. The smallest absolute Gasteiger partial charge is 0.124 e. The minimum Gasteiger partial charge on any atom is -0.329 e. The number of hydrogen-bond acceptors (Lipinski definition) is 2. The molecule has 1 aromatic rings. The van der Waals surface area contributed by atoms with Crippen molar-refractivity contribution >= 4 is 11.8 Å². The van der Waals surface area contributed by atoms with Gasteiger partial charge in [-0.2, -0.15) is 0 Å². The second-order valence-electron chi connectivity index (χ2n) is 2.65. The monoisotopic (exact) mass is 183 g/mol. The van der Waals surface area contributed by atoms with Gasteiger partial charge < -0.3 is 4.57 Å². The molecule has 1 aromatic heterocycles. The maximum Gasteiger partial charge on any atom is 0.124 e. The van der Waals surface area contributed by atoms with Crippen molar-refractivity contribution in [1.29, 1.82) is 0 Å². The number of aromatic nitrogens is 2. The molecule has 1 rings (SSSR count). The lowest BCUT2D eigenvalue weighted by Crippen LogP contribution is -1.87. The molecule has 0 bridgehead atoms. The molecule has 0 aliphatic rings. The fraction of sp³-hybridized carbons (Fsp3) is 0.667. The maximum atomic E-state index is 4.23. The Balaban J connectivity index is 2.31. The van der Waals surface area contributed by atoms with Gasteiger partial charge in [0, 0.05) is 6.54 Å². The van der Waals surface area contributed by atoms with Gasteiger partial charge in [-0.05, 0) is 19.1 Å². The first-order chi connectivity index (χ1) is 5.86. The third kappa shape index (κ3) is 2.89.